The van der Waals surface area contributed by atoms with Gasteiger partial charge in [0.1, 0.15) is 16.9 Å². The Morgan fingerprint density at radius 1 is 1.38 bits per heavy atom. The lowest BCUT2D eigenvalue weighted by molar-refractivity contribution is 0.0559. The first-order chi connectivity index (χ1) is 7.38. The largest absolute Gasteiger partial charge is 0.458 e. The Morgan fingerprint density at radius 3 is 2.62 bits per heavy atom. The van der Waals surface area contributed by atoms with Crippen LogP contribution in [0.15, 0.2) is 28.7 Å². The second kappa shape index (κ2) is 3.46. The van der Waals surface area contributed by atoms with E-state index in [1.807, 2.05) is 0 Å². The molecule has 1 aromatic heterocycles. The lowest BCUT2D eigenvalue weighted by atomic mass is 10.1. The van der Waals surface area contributed by atoms with Crippen LogP contribution < -0.4 is 0 Å². The SMILES string of the molecule is [CH]C(=O)c1ccc2oc(C(C)(C)O)cc2c1. The highest BCUT2D eigenvalue weighted by Gasteiger charge is 2.21. The van der Waals surface area contributed by atoms with Crippen LogP contribution in [0.5, 0.6) is 0 Å². The van der Waals surface area contributed by atoms with E-state index in [0.717, 1.165) is 5.39 Å². The van der Waals surface area contributed by atoms with E-state index in [1.165, 1.54) is 0 Å². The Kier molecular flexibility index (Phi) is 2.35. The molecule has 0 unspecified atom stereocenters. The van der Waals surface area contributed by atoms with Crippen LogP contribution in [-0.4, -0.2) is 10.9 Å². The molecule has 82 valence electrons. The number of furan rings is 1. The molecule has 2 rings (SSSR count). The molecule has 0 aliphatic rings. The molecule has 0 saturated heterocycles. The highest BCUT2D eigenvalue weighted by atomic mass is 16.4. The smallest absolute Gasteiger partial charge is 0.167 e. The molecule has 2 radical (unpaired) electrons. The summed E-state index contributed by atoms with van der Waals surface area (Å²) in [6.45, 7) is 8.46. The minimum Gasteiger partial charge on any atom is -0.458 e. The Balaban J connectivity index is 2.59. The second-order valence-electron chi connectivity index (χ2n) is 4.29. The van der Waals surface area contributed by atoms with E-state index in [-0.39, 0.29) is 0 Å². The second-order valence-corrected chi connectivity index (χ2v) is 4.29. The summed E-state index contributed by atoms with van der Waals surface area (Å²) in [5.41, 5.74) is 0.0176. The van der Waals surface area contributed by atoms with Crippen molar-refractivity contribution >= 4 is 16.8 Å². The van der Waals surface area contributed by atoms with Crippen molar-refractivity contribution in [2.75, 3.05) is 0 Å². The van der Waals surface area contributed by atoms with E-state index < -0.39 is 11.4 Å². The fourth-order valence-electron chi connectivity index (χ4n) is 1.50. The molecule has 3 nitrogen and oxygen atoms in total. The third-order valence-corrected chi connectivity index (χ3v) is 2.40. The molecule has 0 bridgehead atoms. The molecule has 1 N–H and O–H groups in total. The van der Waals surface area contributed by atoms with Crippen molar-refractivity contribution in [1.29, 1.82) is 0 Å². The zero-order chi connectivity index (χ0) is 11.9. The lowest BCUT2D eigenvalue weighted by Gasteiger charge is -2.12. The number of rotatable bonds is 2. The Labute approximate surface area is 93.7 Å². The number of hydrogen-bond acceptors (Lipinski definition) is 3. The predicted molar refractivity (Wildman–Crippen MR) is 60.1 cm³/mol. The summed E-state index contributed by atoms with van der Waals surface area (Å²) in [5.74, 6) is -0.0166. The standard InChI is InChI=1S/C13H12O3/c1-8(14)9-4-5-11-10(6-9)7-12(16-11)13(2,3)15/h1,4-7,15H,2-3H3. The molecule has 16 heavy (non-hydrogen) atoms. The van der Waals surface area contributed by atoms with Crippen LogP contribution in [0.4, 0.5) is 0 Å². The van der Waals surface area contributed by atoms with Crippen molar-refractivity contribution in [2.24, 2.45) is 0 Å². The lowest BCUT2D eigenvalue weighted by Crippen LogP contribution is -2.13. The third-order valence-electron chi connectivity index (χ3n) is 2.40. The molecular formula is C13H12O3. The van der Waals surface area contributed by atoms with Gasteiger partial charge < -0.3 is 9.52 Å². The molecule has 0 aliphatic carbocycles. The van der Waals surface area contributed by atoms with Crippen molar-refractivity contribution in [3.05, 3.63) is 42.5 Å². The Morgan fingerprint density at radius 2 is 2.06 bits per heavy atom. The van der Waals surface area contributed by atoms with Gasteiger partial charge in [-0.05, 0) is 38.1 Å². The maximum absolute atomic E-state index is 11.0. The van der Waals surface area contributed by atoms with Gasteiger partial charge in [-0.25, -0.2) is 0 Å². The van der Waals surface area contributed by atoms with Gasteiger partial charge in [-0.15, -0.1) is 0 Å². The van der Waals surface area contributed by atoms with Crippen molar-refractivity contribution in [2.45, 2.75) is 19.4 Å². The molecule has 0 fully saturated rings. The zero-order valence-corrected chi connectivity index (χ0v) is 9.15. The molecule has 0 amide bonds. The first kappa shape index (κ1) is 10.9. The van der Waals surface area contributed by atoms with Gasteiger partial charge in [0.15, 0.2) is 5.78 Å². The van der Waals surface area contributed by atoms with Gasteiger partial charge in [-0.3, -0.25) is 4.79 Å². The van der Waals surface area contributed by atoms with E-state index >= 15 is 0 Å². The molecule has 1 heterocycles. The fourth-order valence-corrected chi connectivity index (χ4v) is 1.50. The third kappa shape index (κ3) is 1.86. The van der Waals surface area contributed by atoms with Crippen LogP contribution in [0, 0.1) is 6.92 Å². The van der Waals surface area contributed by atoms with E-state index in [1.54, 1.807) is 38.1 Å². The van der Waals surface area contributed by atoms with Crippen LogP contribution >= 0.6 is 0 Å². The minimum absolute atomic E-state index is 0.426. The summed E-state index contributed by atoms with van der Waals surface area (Å²) >= 11 is 0. The number of aliphatic hydroxyl groups is 1. The van der Waals surface area contributed by atoms with E-state index in [4.69, 9.17) is 11.3 Å². The Bertz CT molecular complexity index is 544. The molecule has 0 aliphatic heterocycles. The van der Waals surface area contributed by atoms with E-state index in [9.17, 15) is 9.90 Å². The van der Waals surface area contributed by atoms with Crippen LogP contribution in [0.2, 0.25) is 0 Å². The number of fused-ring (bicyclic) bond motifs is 1. The average Bonchev–Trinajstić information content (AvgIpc) is 2.58. The van der Waals surface area contributed by atoms with Crippen LogP contribution in [0.1, 0.15) is 30.0 Å². The minimum atomic E-state index is -1.04. The van der Waals surface area contributed by atoms with E-state index in [0.29, 0.717) is 16.9 Å². The van der Waals surface area contributed by atoms with E-state index in [2.05, 4.69) is 0 Å². The monoisotopic (exact) mass is 216 g/mol. The molecule has 0 saturated carbocycles. The van der Waals surface area contributed by atoms with Gasteiger partial charge in [0.2, 0.25) is 0 Å². The molecule has 3 heteroatoms. The predicted octanol–water partition coefficient (Wildman–Crippen LogP) is 2.55. The van der Waals surface area contributed by atoms with Crippen molar-refractivity contribution in [1.82, 2.24) is 0 Å². The van der Waals surface area contributed by atoms with Gasteiger partial charge in [-0.1, -0.05) is 0 Å². The average molecular weight is 216 g/mol. The van der Waals surface area contributed by atoms with Crippen LogP contribution in [0.25, 0.3) is 11.0 Å². The Hall–Kier alpha value is -1.61. The number of ketones is 1. The first-order valence-electron chi connectivity index (χ1n) is 4.94. The number of benzene rings is 1. The van der Waals surface area contributed by atoms with Gasteiger partial charge in [0.25, 0.3) is 0 Å². The maximum Gasteiger partial charge on any atom is 0.167 e. The van der Waals surface area contributed by atoms with Gasteiger partial charge in [0.05, 0.1) is 0 Å². The van der Waals surface area contributed by atoms with Crippen molar-refractivity contribution in [3.8, 4) is 0 Å². The first-order valence-corrected chi connectivity index (χ1v) is 4.94. The zero-order valence-electron chi connectivity index (χ0n) is 9.15. The summed E-state index contributed by atoms with van der Waals surface area (Å²) in [6.07, 6.45) is 0. The topological polar surface area (TPSA) is 50.4 Å². The van der Waals surface area contributed by atoms with Gasteiger partial charge >= 0.3 is 0 Å². The maximum atomic E-state index is 11.0. The summed E-state index contributed by atoms with van der Waals surface area (Å²) in [4.78, 5) is 11.0. The quantitative estimate of drug-likeness (QED) is 0.785. The number of hydrogen-bond donors (Lipinski definition) is 1. The molecule has 1 aromatic carbocycles. The van der Waals surface area contributed by atoms with Crippen molar-refractivity contribution < 1.29 is 14.3 Å². The summed E-state index contributed by atoms with van der Waals surface area (Å²) in [5, 5.41) is 10.5. The van der Waals surface area contributed by atoms with Crippen LogP contribution in [0.3, 0.4) is 0 Å². The summed E-state index contributed by atoms with van der Waals surface area (Å²) in [6, 6.07) is 6.63. The van der Waals surface area contributed by atoms with Crippen LogP contribution in [-0.2, 0) is 5.60 Å². The fraction of sp³-hybridized carbons (Fsp3) is 0.231. The highest BCUT2D eigenvalue weighted by molar-refractivity contribution is 6.01. The molecule has 2 aromatic rings. The number of carbonyl (C=O) groups excluding carboxylic acids is 1. The van der Waals surface area contributed by atoms with Gasteiger partial charge in [-0.2, -0.15) is 0 Å². The number of Topliss-reactive ketones (excluding diaryl/α,β-unsaturated/α-hetero) is 1. The van der Waals surface area contributed by atoms with Crippen molar-refractivity contribution in [3.63, 3.8) is 0 Å². The molecular weight excluding hydrogens is 204 g/mol. The van der Waals surface area contributed by atoms with Gasteiger partial charge in [0, 0.05) is 17.9 Å². The normalized spacial score (nSPS) is 12.0. The highest BCUT2D eigenvalue weighted by Crippen LogP contribution is 2.28. The number of carbonyl (C=O) groups is 1. The molecule has 0 atom stereocenters. The summed E-state index contributed by atoms with van der Waals surface area (Å²) in [7, 11) is 0. The summed E-state index contributed by atoms with van der Waals surface area (Å²) < 4.78 is 5.47. The molecule has 0 spiro atoms.